The number of hydrogen-bond acceptors (Lipinski definition) is 6. The van der Waals surface area contributed by atoms with Gasteiger partial charge in [0.05, 0.1) is 31.7 Å². The molecule has 25 heavy (non-hydrogen) atoms. The van der Waals surface area contributed by atoms with Crippen LogP contribution in [0.4, 0.5) is 5.13 Å². The number of rotatable bonds is 8. The summed E-state index contributed by atoms with van der Waals surface area (Å²) in [6.45, 7) is 6.35. The molecule has 0 unspecified atom stereocenters. The highest BCUT2D eigenvalue weighted by Crippen LogP contribution is 2.20. The fourth-order valence-corrected chi connectivity index (χ4v) is 2.83. The van der Waals surface area contributed by atoms with Crippen LogP contribution in [0, 0.1) is 13.8 Å². The molecule has 2 aromatic rings. The molecular weight excluding hydrogens is 340 g/mol. The summed E-state index contributed by atoms with van der Waals surface area (Å²) >= 11 is 1.28. The molecule has 0 aliphatic heterocycles. The number of ether oxygens (including phenoxy) is 2. The van der Waals surface area contributed by atoms with Gasteiger partial charge in [-0.1, -0.05) is 12.1 Å². The number of anilines is 1. The molecule has 2 rings (SSSR count). The van der Waals surface area contributed by atoms with Crippen LogP contribution in [0.25, 0.3) is 0 Å². The minimum absolute atomic E-state index is 0.107. The zero-order valence-corrected chi connectivity index (χ0v) is 15.4. The second-order valence-corrected chi connectivity index (χ2v) is 6.40. The van der Waals surface area contributed by atoms with E-state index in [0.717, 1.165) is 16.9 Å². The number of carbonyl (C=O) groups excluding carboxylic acids is 2. The number of amides is 1. The first kappa shape index (κ1) is 18.9. The largest absolute Gasteiger partial charge is 0.493 e. The van der Waals surface area contributed by atoms with E-state index in [1.165, 1.54) is 11.3 Å². The summed E-state index contributed by atoms with van der Waals surface area (Å²) < 4.78 is 10.5. The van der Waals surface area contributed by atoms with Crippen molar-refractivity contribution in [1.29, 1.82) is 0 Å². The Morgan fingerprint density at radius 1 is 1.28 bits per heavy atom. The lowest BCUT2D eigenvalue weighted by Gasteiger charge is -2.09. The minimum Gasteiger partial charge on any atom is -0.493 e. The number of hydrogen-bond donors (Lipinski definition) is 1. The van der Waals surface area contributed by atoms with Crippen molar-refractivity contribution in [1.82, 2.24) is 4.98 Å². The van der Waals surface area contributed by atoms with Gasteiger partial charge in [-0.3, -0.25) is 9.59 Å². The van der Waals surface area contributed by atoms with Crippen LogP contribution in [-0.2, 0) is 20.7 Å². The van der Waals surface area contributed by atoms with E-state index in [0.29, 0.717) is 17.4 Å². The summed E-state index contributed by atoms with van der Waals surface area (Å²) in [5.41, 5.74) is 2.74. The number of nitrogens with one attached hydrogen (secondary N) is 1. The molecule has 0 aliphatic carbocycles. The third-order valence-corrected chi connectivity index (χ3v) is 4.17. The quantitative estimate of drug-likeness (QED) is 0.729. The van der Waals surface area contributed by atoms with E-state index in [1.807, 2.05) is 32.0 Å². The molecule has 134 valence electrons. The van der Waals surface area contributed by atoms with Crippen molar-refractivity contribution >= 4 is 28.3 Å². The van der Waals surface area contributed by atoms with Gasteiger partial charge < -0.3 is 14.8 Å². The molecule has 0 aliphatic rings. The van der Waals surface area contributed by atoms with Crippen LogP contribution in [-0.4, -0.2) is 30.1 Å². The third-order valence-electron chi connectivity index (χ3n) is 3.36. The molecule has 0 bridgehead atoms. The number of esters is 1. The predicted octanol–water partition coefficient (Wildman–Crippen LogP) is 3.27. The fraction of sp³-hybridized carbons (Fsp3) is 0.389. The van der Waals surface area contributed by atoms with Gasteiger partial charge in [-0.2, -0.15) is 0 Å². The van der Waals surface area contributed by atoms with E-state index in [4.69, 9.17) is 9.47 Å². The second kappa shape index (κ2) is 9.17. The Hall–Kier alpha value is -2.41. The van der Waals surface area contributed by atoms with Gasteiger partial charge in [-0.05, 0) is 38.0 Å². The van der Waals surface area contributed by atoms with Gasteiger partial charge in [-0.25, -0.2) is 4.98 Å². The second-order valence-electron chi connectivity index (χ2n) is 5.54. The van der Waals surface area contributed by atoms with E-state index in [2.05, 4.69) is 10.3 Å². The lowest BCUT2D eigenvalue weighted by atomic mass is 10.1. The lowest BCUT2D eigenvalue weighted by molar-refractivity contribution is -0.142. The molecule has 1 N–H and O–H groups in total. The molecule has 0 saturated carbocycles. The Morgan fingerprint density at radius 3 is 2.84 bits per heavy atom. The zero-order valence-electron chi connectivity index (χ0n) is 14.6. The number of aromatic nitrogens is 1. The Labute approximate surface area is 151 Å². The molecule has 1 amide bonds. The molecule has 1 heterocycles. The van der Waals surface area contributed by atoms with Crippen LogP contribution in [0.3, 0.4) is 0 Å². The van der Waals surface area contributed by atoms with Gasteiger partial charge >= 0.3 is 5.97 Å². The fourth-order valence-electron chi connectivity index (χ4n) is 2.10. The van der Waals surface area contributed by atoms with Crippen molar-refractivity contribution in [3.63, 3.8) is 0 Å². The summed E-state index contributed by atoms with van der Waals surface area (Å²) in [7, 11) is 0. The monoisotopic (exact) mass is 362 g/mol. The van der Waals surface area contributed by atoms with Crippen molar-refractivity contribution in [2.24, 2.45) is 0 Å². The zero-order chi connectivity index (χ0) is 18.2. The number of aryl methyl sites for hydroxylation is 2. The maximum absolute atomic E-state index is 12.0. The van der Waals surface area contributed by atoms with Gasteiger partial charge in [0.25, 0.3) is 0 Å². The SMILES string of the molecule is CCOC(=O)Cc1csc(NC(=O)CCOc2cc(C)ccc2C)n1. The highest BCUT2D eigenvalue weighted by Gasteiger charge is 2.11. The van der Waals surface area contributed by atoms with Crippen LogP contribution in [0.2, 0.25) is 0 Å². The standard InChI is InChI=1S/C18H22N2O4S/c1-4-23-17(22)10-14-11-25-18(19-14)20-16(21)7-8-24-15-9-12(2)5-6-13(15)3/h5-6,9,11H,4,7-8,10H2,1-3H3,(H,19,20,21). The average molecular weight is 362 g/mol. The van der Waals surface area contributed by atoms with Gasteiger partial charge in [0.1, 0.15) is 5.75 Å². The van der Waals surface area contributed by atoms with Crippen molar-refractivity contribution in [3.8, 4) is 5.75 Å². The summed E-state index contributed by atoms with van der Waals surface area (Å²) in [5, 5.41) is 4.92. The van der Waals surface area contributed by atoms with Gasteiger partial charge in [0.2, 0.25) is 5.91 Å². The van der Waals surface area contributed by atoms with Crippen LogP contribution in [0.15, 0.2) is 23.6 Å². The predicted molar refractivity (Wildman–Crippen MR) is 97.1 cm³/mol. The van der Waals surface area contributed by atoms with Crippen molar-refractivity contribution in [2.45, 2.75) is 33.6 Å². The molecule has 0 spiro atoms. The summed E-state index contributed by atoms with van der Waals surface area (Å²) in [6.07, 6.45) is 0.329. The Balaban J connectivity index is 1.78. The highest BCUT2D eigenvalue weighted by atomic mass is 32.1. The van der Waals surface area contributed by atoms with Crippen LogP contribution >= 0.6 is 11.3 Å². The molecular formula is C18H22N2O4S. The Kier molecular flexibility index (Phi) is 6.94. The van der Waals surface area contributed by atoms with Gasteiger partial charge in [0, 0.05) is 5.38 Å². The Bertz CT molecular complexity index is 742. The van der Waals surface area contributed by atoms with E-state index in [9.17, 15) is 9.59 Å². The van der Waals surface area contributed by atoms with Gasteiger partial charge in [-0.15, -0.1) is 11.3 Å². The molecule has 0 atom stereocenters. The van der Waals surface area contributed by atoms with Crippen LogP contribution < -0.4 is 10.1 Å². The first-order valence-corrected chi connectivity index (χ1v) is 8.96. The molecule has 0 saturated heterocycles. The number of thiazole rings is 1. The van der Waals surface area contributed by atoms with Crippen LogP contribution in [0.1, 0.15) is 30.2 Å². The summed E-state index contributed by atoms with van der Waals surface area (Å²) in [5.74, 6) is 0.286. The maximum Gasteiger partial charge on any atom is 0.311 e. The van der Waals surface area contributed by atoms with Crippen LogP contribution in [0.5, 0.6) is 5.75 Å². The van der Waals surface area contributed by atoms with Gasteiger partial charge in [0.15, 0.2) is 5.13 Å². The third kappa shape index (κ3) is 6.19. The normalized spacial score (nSPS) is 10.4. The van der Waals surface area contributed by atoms with Crippen molar-refractivity contribution in [2.75, 3.05) is 18.5 Å². The number of carbonyl (C=O) groups is 2. The smallest absolute Gasteiger partial charge is 0.311 e. The Morgan fingerprint density at radius 2 is 2.08 bits per heavy atom. The molecule has 1 aromatic carbocycles. The highest BCUT2D eigenvalue weighted by molar-refractivity contribution is 7.13. The molecule has 0 radical (unpaired) electrons. The van der Waals surface area contributed by atoms with E-state index in [1.54, 1.807) is 12.3 Å². The van der Waals surface area contributed by atoms with Crippen molar-refractivity contribution in [3.05, 3.63) is 40.4 Å². The van der Waals surface area contributed by atoms with E-state index < -0.39 is 0 Å². The molecule has 7 heteroatoms. The summed E-state index contributed by atoms with van der Waals surface area (Å²) in [4.78, 5) is 27.6. The number of benzene rings is 1. The van der Waals surface area contributed by atoms with E-state index in [-0.39, 0.29) is 31.3 Å². The maximum atomic E-state index is 12.0. The van der Waals surface area contributed by atoms with E-state index >= 15 is 0 Å². The first-order chi connectivity index (χ1) is 12.0. The lowest BCUT2D eigenvalue weighted by Crippen LogP contribution is -2.15. The molecule has 1 aromatic heterocycles. The molecule has 6 nitrogen and oxygen atoms in total. The van der Waals surface area contributed by atoms with Crippen molar-refractivity contribution < 1.29 is 19.1 Å². The number of nitrogens with zero attached hydrogens (tertiary/aromatic N) is 1. The first-order valence-electron chi connectivity index (χ1n) is 8.08. The average Bonchev–Trinajstić information content (AvgIpc) is 2.97. The minimum atomic E-state index is -0.326. The summed E-state index contributed by atoms with van der Waals surface area (Å²) in [6, 6.07) is 5.96. The molecule has 0 fully saturated rings. The topological polar surface area (TPSA) is 77.5 Å².